The number of carbonyl (C=O) groups is 2. The van der Waals surface area contributed by atoms with Gasteiger partial charge in [0.05, 0.1) is 40.1 Å². The number of methoxy groups -OCH3 is 3. The molecule has 0 spiro atoms. The van der Waals surface area contributed by atoms with Gasteiger partial charge in [0, 0.05) is 29.3 Å². The lowest BCUT2D eigenvalue weighted by atomic mass is 9.71. The number of rotatable bonds is 12. The lowest BCUT2D eigenvalue weighted by Gasteiger charge is -2.37. The van der Waals surface area contributed by atoms with Crippen LogP contribution >= 0.6 is 0 Å². The molecular weight excluding hydrogens is 522 g/mol. The minimum Gasteiger partial charge on any atom is -0.493 e. The molecule has 1 N–H and O–H groups in total. The maximum absolute atomic E-state index is 14.0. The Morgan fingerprint density at radius 1 is 0.854 bits per heavy atom. The highest BCUT2D eigenvalue weighted by Crippen LogP contribution is 2.47. The molecule has 0 bridgehead atoms. The van der Waals surface area contributed by atoms with E-state index < -0.39 is 11.9 Å². The maximum atomic E-state index is 14.0. The van der Waals surface area contributed by atoms with Crippen LogP contribution in [0.2, 0.25) is 0 Å². The van der Waals surface area contributed by atoms with Crippen LogP contribution in [-0.2, 0) is 14.3 Å². The number of benzene rings is 2. The fraction of sp³-hybridized carbons (Fsp3) is 0.455. The number of Topliss-reactive ketones (excluding diaryl/α,β-unsaturated/α-hetero) is 1. The number of allylic oxidation sites excluding steroid dienone is 3. The highest BCUT2D eigenvalue weighted by molar-refractivity contribution is 6.04. The topological polar surface area (TPSA) is 92.3 Å². The van der Waals surface area contributed by atoms with Gasteiger partial charge in [-0.1, -0.05) is 32.4 Å². The second kappa shape index (κ2) is 13.6. The first-order valence-corrected chi connectivity index (χ1v) is 14.3. The van der Waals surface area contributed by atoms with Gasteiger partial charge in [0.1, 0.15) is 0 Å². The summed E-state index contributed by atoms with van der Waals surface area (Å²) in [6.07, 6.45) is 3.46. The van der Waals surface area contributed by atoms with E-state index in [9.17, 15) is 9.59 Å². The largest absolute Gasteiger partial charge is 0.493 e. The molecule has 0 saturated heterocycles. The van der Waals surface area contributed by atoms with E-state index in [1.54, 1.807) is 21.3 Å². The van der Waals surface area contributed by atoms with E-state index in [0.717, 1.165) is 36.1 Å². The van der Waals surface area contributed by atoms with E-state index in [4.69, 9.17) is 23.7 Å². The lowest BCUT2D eigenvalue weighted by Crippen LogP contribution is -2.36. The third kappa shape index (κ3) is 6.37. The third-order valence-corrected chi connectivity index (χ3v) is 7.64. The number of esters is 1. The molecule has 41 heavy (non-hydrogen) atoms. The summed E-state index contributed by atoms with van der Waals surface area (Å²) < 4.78 is 28.1. The maximum Gasteiger partial charge on any atom is 0.336 e. The first-order chi connectivity index (χ1) is 19.9. The molecule has 2 aliphatic rings. The molecule has 2 aromatic carbocycles. The molecular formula is C33H41NO7. The van der Waals surface area contributed by atoms with Gasteiger partial charge in [-0.05, 0) is 67.5 Å². The zero-order chi connectivity index (χ0) is 29.5. The van der Waals surface area contributed by atoms with Crippen LogP contribution in [0.1, 0.15) is 75.8 Å². The average Bonchev–Trinajstić information content (AvgIpc) is 2.98. The molecule has 220 valence electrons. The van der Waals surface area contributed by atoms with E-state index in [1.807, 2.05) is 57.2 Å². The number of carbonyl (C=O) groups excluding carboxylic acids is 2. The van der Waals surface area contributed by atoms with Crippen LogP contribution in [0.3, 0.4) is 0 Å². The molecule has 1 heterocycles. The summed E-state index contributed by atoms with van der Waals surface area (Å²) in [5, 5.41) is 3.41. The first kappa shape index (κ1) is 30.0. The van der Waals surface area contributed by atoms with Crippen molar-refractivity contribution in [1.29, 1.82) is 0 Å². The predicted molar refractivity (Wildman–Crippen MR) is 157 cm³/mol. The SMILES string of the molecule is CCCCOC(=O)C1=C(C)NC2=C(C(=O)C[C@@H](c3ccc(OC)c(OC)c3)C2)[C@H]1c1ccc(OCCC)c(OC)c1. The minimum absolute atomic E-state index is 0.0137. The number of hydrogen-bond acceptors (Lipinski definition) is 8. The smallest absolute Gasteiger partial charge is 0.336 e. The van der Waals surface area contributed by atoms with Crippen LogP contribution in [0, 0.1) is 0 Å². The van der Waals surface area contributed by atoms with Crippen molar-refractivity contribution in [3.8, 4) is 23.0 Å². The van der Waals surface area contributed by atoms with Gasteiger partial charge in [0.15, 0.2) is 28.8 Å². The van der Waals surface area contributed by atoms with Gasteiger partial charge in [-0.25, -0.2) is 4.79 Å². The molecule has 2 atom stereocenters. The fourth-order valence-corrected chi connectivity index (χ4v) is 5.57. The highest BCUT2D eigenvalue weighted by Gasteiger charge is 2.41. The molecule has 1 aliphatic carbocycles. The molecule has 0 amide bonds. The van der Waals surface area contributed by atoms with Gasteiger partial charge in [0.25, 0.3) is 0 Å². The van der Waals surface area contributed by atoms with Gasteiger partial charge in [0.2, 0.25) is 0 Å². The van der Waals surface area contributed by atoms with Gasteiger partial charge >= 0.3 is 5.97 Å². The number of unbranched alkanes of at least 4 members (excludes halogenated alkanes) is 1. The zero-order valence-electron chi connectivity index (χ0n) is 24.9. The van der Waals surface area contributed by atoms with Crippen molar-refractivity contribution < 1.29 is 33.3 Å². The van der Waals surface area contributed by atoms with Crippen molar-refractivity contribution in [2.24, 2.45) is 0 Å². The zero-order valence-corrected chi connectivity index (χ0v) is 24.9. The van der Waals surface area contributed by atoms with Gasteiger partial charge < -0.3 is 29.0 Å². The first-order valence-electron chi connectivity index (χ1n) is 14.3. The van der Waals surface area contributed by atoms with Crippen LogP contribution < -0.4 is 24.3 Å². The molecule has 1 aliphatic heterocycles. The highest BCUT2D eigenvalue weighted by atomic mass is 16.5. The lowest BCUT2D eigenvalue weighted by molar-refractivity contribution is -0.139. The number of ether oxygens (including phenoxy) is 5. The number of dihydropyridines is 1. The number of hydrogen-bond donors (Lipinski definition) is 1. The molecule has 0 fully saturated rings. The van der Waals surface area contributed by atoms with E-state index in [2.05, 4.69) is 5.32 Å². The van der Waals surface area contributed by atoms with Crippen LogP contribution in [0.25, 0.3) is 0 Å². The Morgan fingerprint density at radius 3 is 2.20 bits per heavy atom. The van der Waals surface area contributed by atoms with E-state index in [-0.39, 0.29) is 11.7 Å². The van der Waals surface area contributed by atoms with E-state index >= 15 is 0 Å². The molecule has 8 nitrogen and oxygen atoms in total. The second-order valence-electron chi connectivity index (χ2n) is 10.4. The number of nitrogens with one attached hydrogen (secondary N) is 1. The third-order valence-electron chi connectivity index (χ3n) is 7.64. The Hall–Kier alpha value is -3.94. The standard InChI is InChI=1S/C33H41NO7/c1-7-9-15-41-33(36)30-20(3)34-24-16-23(21-10-12-26(37-4)28(18-21)38-5)17-25(35)32(24)31(30)22-11-13-27(40-14-8-2)29(19-22)39-6/h10-13,18-19,23,31,34H,7-9,14-17H2,1-6H3/t23-,31-/m0/s1. The minimum atomic E-state index is -0.589. The van der Waals surface area contributed by atoms with Crippen LogP contribution in [-0.4, -0.2) is 46.3 Å². The summed E-state index contributed by atoms with van der Waals surface area (Å²) in [5.41, 5.74) is 4.31. The van der Waals surface area contributed by atoms with Crippen molar-refractivity contribution in [2.75, 3.05) is 34.5 Å². The van der Waals surface area contributed by atoms with E-state index in [0.29, 0.717) is 65.9 Å². The Balaban J connectivity index is 1.77. The monoisotopic (exact) mass is 563 g/mol. The Kier molecular flexibility index (Phi) is 9.97. The number of ketones is 1. The van der Waals surface area contributed by atoms with Crippen molar-refractivity contribution in [3.05, 3.63) is 70.1 Å². The van der Waals surface area contributed by atoms with Crippen molar-refractivity contribution >= 4 is 11.8 Å². The Morgan fingerprint density at radius 2 is 1.51 bits per heavy atom. The molecule has 2 aromatic rings. The van der Waals surface area contributed by atoms with Crippen LogP contribution in [0.5, 0.6) is 23.0 Å². The predicted octanol–water partition coefficient (Wildman–Crippen LogP) is 6.21. The second-order valence-corrected chi connectivity index (χ2v) is 10.4. The quantitative estimate of drug-likeness (QED) is 0.241. The summed E-state index contributed by atoms with van der Waals surface area (Å²) in [5.74, 6) is 1.36. The summed E-state index contributed by atoms with van der Waals surface area (Å²) >= 11 is 0. The van der Waals surface area contributed by atoms with Gasteiger partial charge in [-0.2, -0.15) is 0 Å². The Labute approximate surface area is 242 Å². The summed E-state index contributed by atoms with van der Waals surface area (Å²) in [6, 6.07) is 11.4. The molecule has 4 rings (SSSR count). The van der Waals surface area contributed by atoms with Crippen molar-refractivity contribution in [1.82, 2.24) is 5.32 Å². The summed E-state index contributed by atoms with van der Waals surface area (Å²) in [7, 11) is 4.79. The van der Waals surface area contributed by atoms with Crippen LogP contribution in [0.4, 0.5) is 0 Å². The summed E-state index contributed by atoms with van der Waals surface area (Å²) in [6.45, 7) is 6.84. The van der Waals surface area contributed by atoms with Crippen molar-refractivity contribution in [2.45, 2.75) is 64.7 Å². The average molecular weight is 564 g/mol. The van der Waals surface area contributed by atoms with Crippen molar-refractivity contribution in [3.63, 3.8) is 0 Å². The van der Waals surface area contributed by atoms with E-state index in [1.165, 1.54) is 0 Å². The molecule has 8 heteroatoms. The van der Waals surface area contributed by atoms with Gasteiger partial charge in [-0.3, -0.25) is 4.79 Å². The summed E-state index contributed by atoms with van der Waals surface area (Å²) in [4.78, 5) is 27.5. The van der Waals surface area contributed by atoms with Gasteiger partial charge in [-0.15, -0.1) is 0 Å². The Bertz CT molecular complexity index is 1340. The van der Waals surface area contributed by atoms with Crippen LogP contribution in [0.15, 0.2) is 58.9 Å². The normalized spacial score (nSPS) is 18.4. The molecule has 0 saturated carbocycles. The fourth-order valence-electron chi connectivity index (χ4n) is 5.57. The molecule has 0 radical (unpaired) electrons. The molecule has 0 aromatic heterocycles. The molecule has 0 unspecified atom stereocenters.